The lowest BCUT2D eigenvalue weighted by Crippen LogP contribution is -2.45. The number of hydrogen-bond acceptors (Lipinski definition) is 3. The minimum absolute atomic E-state index is 0.340. The van der Waals surface area contributed by atoms with Crippen LogP contribution >= 0.6 is 0 Å². The Labute approximate surface area is 87.3 Å². The van der Waals surface area contributed by atoms with E-state index < -0.39 is 0 Å². The van der Waals surface area contributed by atoms with Gasteiger partial charge in [0, 0.05) is 19.1 Å². The molecule has 0 spiro atoms. The number of β-amino-alcohol motifs (C(OH)–C–C–N with tert-alkyl or cyclic N) is 1. The molecule has 0 aromatic carbocycles. The first-order valence-electron chi connectivity index (χ1n) is 5.90. The van der Waals surface area contributed by atoms with Gasteiger partial charge in [-0.15, -0.1) is 0 Å². The first-order valence-corrected chi connectivity index (χ1v) is 5.90. The van der Waals surface area contributed by atoms with Crippen LogP contribution in [-0.4, -0.2) is 41.8 Å². The SMILES string of the molecule is CCCC1CCCCN1CC(O)CN. The van der Waals surface area contributed by atoms with Crippen molar-refractivity contribution in [2.45, 2.75) is 51.2 Å². The van der Waals surface area contributed by atoms with E-state index in [-0.39, 0.29) is 6.10 Å². The Hall–Kier alpha value is -0.120. The molecular formula is C11H24N2O. The number of piperidine rings is 1. The minimum atomic E-state index is -0.340. The predicted octanol–water partition coefficient (Wildman–Crippen LogP) is 0.961. The smallest absolute Gasteiger partial charge is 0.0789 e. The van der Waals surface area contributed by atoms with Crippen LogP contribution in [0.2, 0.25) is 0 Å². The Morgan fingerprint density at radius 2 is 2.29 bits per heavy atom. The lowest BCUT2D eigenvalue weighted by atomic mass is 9.98. The summed E-state index contributed by atoms with van der Waals surface area (Å²) in [6.07, 6.45) is 6.08. The van der Waals surface area contributed by atoms with Crippen molar-refractivity contribution in [2.75, 3.05) is 19.6 Å². The molecule has 1 rings (SSSR count). The number of aliphatic hydroxyl groups excluding tert-OH is 1. The Bertz CT molecular complexity index is 150. The zero-order valence-electron chi connectivity index (χ0n) is 9.28. The molecule has 1 fully saturated rings. The summed E-state index contributed by atoms with van der Waals surface area (Å²) < 4.78 is 0. The summed E-state index contributed by atoms with van der Waals surface area (Å²) >= 11 is 0. The van der Waals surface area contributed by atoms with Crippen molar-refractivity contribution in [1.82, 2.24) is 4.90 Å². The van der Waals surface area contributed by atoms with Crippen LogP contribution < -0.4 is 5.73 Å². The van der Waals surface area contributed by atoms with Crippen molar-refractivity contribution in [1.29, 1.82) is 0 Å². The summed E-state index contributed by atoms with van der Waals surface area (Å²) in [7, 11) is 0. The van der Waals surface area contributed by atoms with Crippen LogP contribution in [-0.2, 0) is 0 Å². The molecular weight excluding hydrogens is 176 g/mol. The van der Waals surface area contributed by atoms with Crippen LogP contribution in [0.5, 0.6) is 0 Å². The maximum atomic E-state index is 9.53. The summed E-state index contributed by atoms with van der Waals surface area (Å²) in [5.74, 6) is 0. The third-order valence-corrected chi connectivity index (χ3v) is 3.09. The average molecular weight is 200 g/mol. The van der Waals surface area contributed by atoms with Crippen molar-refractivity contribution >= 4 is 0 Å². The van der Waals surface area contributed by atoms with E-state index in [2.05, 4.69) is 11.8 Å². The molecule has 1 heterocycles. The molecule has 3 N–H and O–H groups in total. The first kappa shape index (κ1) is 12.0. The molecule has 14 heavy (non-hydrogen) atoms. The van der Waals surface area contributed by atoms with E-state index in [0.717, 1.165) is 13.1 Å². The largest absolute Gasteiger partial charge is 0.390 e. The van der Waals surface area contributed by atoms with Crippen molar-refractivity contribution in [2.24, 2.45) is 5.73 Å². The number of likely N-dealkylation sites (tertiary alicyclic amines) is 1. The van der Waals surface area contributed by atoms with E-state index in [1.54, 1.807) is 0 Å². The molecule has 0 amide bonds. The summed E-state index contributed by atoms with van der Waals surface area (Å²) in [5.41, 5.74) is 5.43. The van der Waals surface area contributed by atoms with Gasteiger partial charge in [0.1, 0.15) is 0 Å². The molecule has 2 atom stereocenters. The van der Waals surface area contributed by atoms with E-state index in [0.29, 0.717) is 12.6 Å². The van der Waals surface area contributed by atoms with Crippen molar-refractivity contribution < 1.29 is 5.11 Å². The molecule has 2 unspecified atom stereocenters. The van der Waals surface area contributed by atoms with E-state index >= 15 is 0 Å². The van der Waals surface area contributed by atoms with Gasteiger partial charge in [0.15, 0.2) is 0 Å². The summed E-state index contributed by atoms with van der Waals surface area (Å²) in [6, 6.07) is 0.690. The van der Waals surface area contributed by atoms with Gasteiger partial charge in [-0.3, -0.25) is 4.90 Å². The average Bonchev–Trinajstić information content (AvgIpc) is 2.21. The van der Waals surface area contributed by atoms with E-state index in [1.807, 2.05) is 0 Å². The maximum Gasteiger partial charge on any atom is 0.0789 e. The van der Waals surface area contributed by atoms with E-state index in [4.69, 9.17) is 5.73 Å². The molecule has 0 aromatic heterocycles. The minimum Gasteiger partial charge on any atom is -0.390 e. The maximum absolute atomic E-state index is 9.53. The molecule has 1 saturated heterocycles. The van der Waals surface area contributed by atoms with Gasteiger partial charge < -0.3 is 10.8 Å². The van der Waals surface area contributed by atoms with Crippen LogP contribution in [0.1, 0.15) is 39.0 Å². The van der Waals surface area contributed by atoms with Crippen LogP contribution in [0.3, 0.4) is 0 Å². The molecule has 0 aromatic rings. The zero-order chi connectivity index (χ0) is 10.4. The fourth-order valence-corrected chi connectivity index (χ4v) is 2.31. The van der Waals surface area contributed by atoms with Gasteiger partial charge in [0.2, 0.25) is 0 Å². The molecule has 1 aliphatic heterocycles. The monoisotopic (exact) mass is 200 g/mol. The molecule has 0 saturated carbocycles. The van der Waals surface area contributed by atoms with Gasteiger partial charge in [0.05, 0.1) is 6.10 Å². The second kappa shape index (κ2) is 6.38. The van der Waals surface area contributed by atoms with Gasteiger partial charge >= 0.3 is 0 Å². The fourth-order valence-electron chi connectivity index (χ4n) is 2.31. The summed E-state index contributed by atoms with van der Waals surface area (Å²) in [4.78, 5) is 2.42. The Morgan fingerprint density at radius 1 is 1.50 bits per heavy atom. The molecule has 3 heteroatoms. The standard InChI is InChI=1S/C11H24N2O/c1-2-5-10-6-3-4-7-13(10)9-11(14)8-12/h10-11,14H,2-9,12H2,1H3. The first-order chi connectivity index (χ1) is 6.77. The van der Waals surface area contributed by atoms with Crippen molar-refractivity contribution in [3.8, 4) is 0 Å². The number of hydrogen-bond donors (Lipinski definition) is 2. The Kier molecular flexibility index (Phi) is 5.45. The molecule has 0 aliphatic carbocycles. The number of aliphatic hydroxyl groups is 1. The highest BCUT2D eigenvalue weighted by molar-refractivity contribution is 4.78. The fraction of sp³-hybridized carbons (Fsp3) is 1.00. The topological polar surface area (TPSA) is 49.5 Å². The highest BCUT2D eigenvalue weighted by Crippen LogP contribution is 2.20. The van der Waals surface area contributed by atoms with Crippen LogP contribution in [0.4, 0.5) is 0 Å². The molecule has 1 aliphatic rings. The number of nitrogens with zero attached hydrogens (tertiary/aromatic N) is 1. The molecule has 84 valence electrons. The Morgan fingerprint density at radius 3 is 2.93 bits per heavy atom. The van der Waals surface area contributed by atoms with Gasteiger partial charge in [-0.1, -0.05) is 19.8 Å². The normalized spacial score (nSPS) is 26.4. The van der Waals surface area contributed by atoms with Crippen molar-refractivity contribution in [3.05, 3.63) is 0 Å². The van der Waals surface area contributed by atoms with E-state index in [1.165, 1.54) is 32.1 Å². The second-order valence-corrected chi connectivity index (χ2v) is 4.32. The van der Waals surface area contributed by atoms with Gasteiger partial charge in [-0.25, -0.2) is 0 Å². The van der Waals surface area contributed by atoms with E-state index in [9.17, 15) is 5.11 Å². The van der Waals surface area contributed by atoms with Gasteiger partial charge in [-0.2, -0.15) is 0 Å². The predicted molar refractivity (Wildman–Crippen MR) is 59.2 cm³/mol. The number of rotatable bonds is 5. The Balaban J connectivity index is 2.37. The molecule has 0 radical (unpaired) electrons. The lowest BCUT2D eigenvalue weighted by Gasteiger charge is -2.36. The lowest BCUT2D eigenvalue weighted by molar-refractivity contribution is 0.0679. The molecule has 0 bridgehead atoms. The highest BCUT2D eigenvalue weighted by Gasteiger charge is 2.22. The van der Waals surface area contributed by atoms with Crippen LogP contribution in [0.25, 0.3) is 0 Å². The van der Waals surface area contributed by atoms with Crippen LogP contribution in [0, 0.1) is 0 Å². The van der Waals surface area contributed by atoms with Gasteiger partial charge in [0.25, 0.3) is 0 Å². The second-order valence-electron chi connectivity index (χ2n) is 4.32. The highest BCUT2D eigenvalue weighted by atomic mass is 16.3. The molecule has 3 nitrogen and oxygen atoms in total. The third kappa shape index (κ3) is 3.56. The summed E-state index contributed by atoms with van der Waals surface area (Å²) in [6.45, 7) is 4.52. The summed E-state index contributed by atoms with van der Waals surface area (Å²) in [5, 5.41) is 9.53. The van der Waals surface area contributed by atoms with Crippen molar-refractivity contribution in [3.63, 3.8) is 0 Å². The quantitative estimate of drug-likeness (QED) is 0.695. The third-order valence-electron chi connectivity index (χ3n) is 3.09. The zero-order valence-corrected chi connectivity index (χ0v) is 9.28. The number of nitrogens with two attached hydrogens (primary N) is 1. The van der Waals surface area contributed by atoms with Gasteiger partial charge in [-0.05, 0) is 25.8 Å². The van der Waals surface area contributed by atoms with Crippen LogP contribution in [0.15, 0.2) is 0 Å².